The molecular formula is C13H18N2. The van der Waals surface area contributed by atoms with Gasteiger partial charge in [0, 0.05) is 18.5 Å². The van der Waals surface area contributed by atoms with Crippen molar-refractivity contribution in [2.24, 2.45) is 16.8 Å². The number of rotatable bonds is 2. The molecule has 2 unspecified atom stereocenters. The highest BCUT2D eigenvalue weighted by Gasteiger charge is 2.44. The Morgan fingerprint density at radius 3 is 3.00 bits per heavy atom. The molecule has 2 heteroatoms. The number of fused-ring (bicyclic) bond motifs is 1. The van der Waals surface area contributed by atoms with Crippen LogP contribution in [0.1, 0.15) is 26.7 Å². The van der Waals surface area contributed by atoms with Gasteiger partial charge in [-0.1, -0.05) is 17.9 Å². The summed E-state index contributed by atoms with van der Waals surface area (Å²) in [6.45, 7) is 4.04. The van der Waals surface area contributed by atoms with Gasteiger partial charge >= 0.3 is 0 Å². The van der Waals surface area contributed by atoms with Gasteiger partial charge in [-0.05, 0) is 32.6 Å². The van der Waals surface area contributed by atoms with Crippen LogP contribution in [0.25, 0.3) is 0 Å². The first-order valence-corrected chi connectivity index (χ1v) is 5.71. The van der Waals surface area contributed by atoms with Gasteiger partial charge in [0.15, 0.2) is 0 Å². The van der Waals surface area contributed by atoms with Crippen LogP contribution in [-0.2, 0) is 0 Å². The smallest absolute Gasteiger partial charge is 0.0695 e. The number of allylic oxidation sites excluding steroid dienone is 1. The summed E-state index contributed by atoms with van der Waals surface area (Å²) in [6, 6.07) is 1.22. The van der Waals surface area contributed by atoms with Crippen LogP contribution in [0.3, 0.4) is 0 Å². The standard InChI is InChI=1S/C13H18N2/c1-3-6-14-9-10(2)4-5-12-7-11-8-13(11)15-12/h3,6,9-13,15H,7-8H2,1-2H3/b6-3-,14-9?/t10?,11-,12+,13?/m1/s1. The Kier molecular flexibility index (Phi) is 3.23. The van der Waals surface area contributed by atoms with E-state index >= 15 is 0 Å². The largest absolute Gasteiger partial charge is 0.301 e. The lowest BCUT2D eigenvalue weighted by atomic mass is 10.1. The average Bonchev–Trinajstić information content (AvgIpc) is 2.84. The van der Waals surface area contributed by atoms with Crippen molar-refractivity contribution in [1.82, 2.24) is 5.32 Å². The molecule has 0 aromatic rings. The highest BCUT2D eigenvalue weighted by Crippen LogP contribution is 2.40. The van der Waals surface area contributed by atoms with E-state index in [1.165, 1.54) is 12.8 Å². The summed E-state index contributed by atoms with van der Waals surface area (Å²) in [6.07, 6.45) is 8.22. The lowest BCUT2D eigenvalue weighted by Crippen LogP contribution is -2.23. The second-order valence-corrected chi connectivity index (χ2v) is 4.42. The van der Waals surface area contributed by atoms with Crippen LogP contribution in [0.2, 0.25) is 0 Å². The van der Waals surface area contributed by atoms with Crippen molar-refractivity contribution in [3.63, 3.8) is 0 Å². The van der Waals surface area contributed by atoms with Crippen LogP contribution in [0.5, 0.6) is 0 Å². The predicted molar refractivity (Wildman–Crippen MR) is 63.7 cm³/mol. The summed E-state index contributed by atoms with van der Waals surface area (Å²) in [7, 11) is 0. The van der Waals surface area contributed by atoms with Gasteiger partial charge in [0.05, 0.1) is 12.0 Å². The number of nitrogens with one attached hydrogen (secondary N) is 1. The Balaban J connectivity index is 1.77. The Bertz CT molecular complexity index is 322. The Morgan fingerprint density at radius 1 is 1.47 bits per heavy atom. The van der Waals surface area contributed by atoms with Gasteiger partial charge in [0.25, 0.3) is 0 Å². The third-order valence-electron chi connectivity index (χ3n) is 2.91. The molecule has 2 fully saturated rings. The molecule has 1 heterocycles. The highest BCUT2D eigenvalue weighted by atomic mass is 15.0. The minimum Gasteiger partial charge on any atom is -0.301 e. The topological polar surface area (TPSA) is 24.4 Å². The predicted octanol–water partition coefficient (Wildman–Crippen LogP) is 1.98. The molecule has 2 aliphatic rings. The van der Waals surface area contributed by atoms with Crippen molar-refractivity contribution in [1.29, 1.82) is 0 Å². The number of piperidine rings is 1. The number of nitrogens with zero attached hydrogens (tertiary/aromatic N) is 1. The van der Waals surface area contributed by atoms with Crippen molar-refractivity contribution in [2.45, 2.75) is 38.8 Å². The summed E-state index contributed by atoms with van der Waals surface area (Å²) >= 11 is 0. The zero-order chi connectivity index (χ0) is 10.7. The molecule has 1 saturated heterocycles. The molecule has 0 aromatic carbocycles. The zero-order valence-corrected chi connectivity index (χ0v) is 9.40. The zero-order valence-electron chi connectivity index (χ0n) is 9.40. The summed E-state index contributed by atoms with van der Waals surface area (Å²) < 4.78 is 0. The Hall–Kier alpha value is -1.07. The van der Waals surface area contributed by atoms with E-state index in [1.807, 2.05) is 19.2 Å². The summed E-state index contributed by atoms with van der Waals surface area (Å²) in [5.74, 6) is 7.70. The second-order valence-electron chi connectivity index (χ2n) is 4.42. The maximum atomic E-state index is 4.13. The molecule has 0 radical (unpaired) electrons. The van der Waals surface area contributed by atoms with Crippen LogP contribution in [-0.4, -0.2) is 18.3 Å². The van der Waals surface area contributed by atoms with Gasteiger partial charge in [0.2, 0.25) is 0 Å². The minimum atomic E-state index is 0.250. The van der Waals surface area contributed by atoms with E-state index in [-0.39, 0.29) is 5.92 Å². The van der Waals surface area contributed by atoms with Crippen LogP contribution >= 0.6 is 0 Å². The molecule has 1 aliphatic heterocycles. The molecule has 15 heavy (non-hydrogen) atoms. The molecule has 80 valence electrons. The molecule has 0 bridgehead atoms. The van der Waals surface area contributed by atoms with E-state index in [9.17, 15) is 0 Å². The molecule has 1 aliphatic carbocycles. The molecule has 1 N–H and O–H groups in total. The van der Waals surface area contributed by atoms with Crippen molar-refractivity contribution in [3.05, 3.63) is 12.3 Å². The fourth-order valence-corrected chi connectivity index (χ4v) is 1.98. The van der Waals surface area contributed by atoms with E-state index in [4.69, 9.17) is 0 Å². The highest BCUT2D eigenvalue weighted by molar-refractivity contribution is 5.65. The van der Waals surface area contributed by atoms with Gasteiger partial charge in [-0.3, -0.25) is 4.99 Å². The number of hydrogen-bond acceptors (Lipinski definition) is 2. The monoisotopic (exact) mass is 202 g/mol. The Labute approximate surface area is 91.9 Å². The molecule has 0 spiro atoms. The van der Waals surface area contributed by atoms with Crippen LogP contribution in [0, 0.1) is 23.7 Å². The van der Waals surface area contributed by atoms with E-state index in [0.717, 1.165) is 12.0 Å². The third-order valence-corrected chi connectivity index (χ3v) is 2.91. The summed E-state index contributed by atoms with van der Waals surface area (Å²) in [4.78, 5) is 4.13. The molecule has 0 aromatic heterocycles. The quantitative estimate of drug-likeness (QED) is 0.537. The average molecular weight is 202 g/mol. The number of aliphatic imine (C=N–C) groups is 1. The molecule has 0 amide bonds. The van der Waals surface area contributed by atoms with Crippen LogP contribution in [0.15, 0.2) is 17.3 Å². The first-order chi connectivity index (χ1) is 7.29. The lowest BCUT2D eigenvalue weighted by molar-refractivity contribution is 0.648. The van der Waals surface area contributed by atoms with Crippen molar-refractivity contribution in [3.8, 4) is 11.8 Å². The van der Waals surface area contributed by atoms with Gasteiger partial charge in [-0.2, -0.15) is 0 Å². The van der Waals surface area contributed by atoms with E-state index in [1.54, 1.807) is 6.20 Å². The van der Waals surface area contributed by atoms with Crippen LogP contribution in [0.4, 0.5) is 0 Å². The minimum absolute atomic E-state index is 0.250. The first-order valence-electron chi connectivity index (χ1n) is 5.71. The SMILES string of the molecule is C/C=C\N=CC(C)C#C[C@H]1C[C@@H]2CC2N1. The van der Waals surface area contributed by atoms with Gasteiger partial charge in [-0.25, -0.2) is 0 Å². The molecule has 4 atom stereocenters. The number of hydrogen-bond donors (Lipinski definition) is 1. The van der Waals surface area contributed by atoms with E-state index in [2.05, 4.69) is 29.1 Å². The molecular weight excluding hydrogens is 184 g/mol. The van der Waals surface area contributed by atoms with Gasteiger partial charge in [0.1, 0.15) is 0 Å². The molecule has 2 nitrogen and oxygen atoms in total. The van der Waals surface area contributed by atoms with Crippen molar-refractivity contribution in [2.75, 3.05) is 0 Å². The Morgan fingerprint density at radius 2 is 2.33 bits per heavy atom. The normalized spacial score (nSPS) is 35.2. The van der Waals surface area contributed by atoms with Crippen molar-refractivity contribution < 1.29 is 0 Å². The van der Waals surface area contributed by atoms with E-state index < -0.39 is 0 Å². The van der Waals surface area contributed by atoms with E-state index in [0.29, 0.717) is 6.04 Å². The second kappa shape index (κ2) is 4.63. The van der Waals surface area contributed by atoms with Crippen molar-refractivity contribution >= 4 is 6.21 Å². The molecule has 2 rings (SSSR count). The summed E-state index contributed by atoms with van der Waals surface area (Å²) in [5.41, 5.74) is 0. The lowest BCUT2D eigenvalue weighted by Gasteiger charge is -2.03. The first kappa shape index (κ1) is 10.4. The third kappa shape index (κ3) is 2.94. The fraction of sp³-hybridized carbons (Fsp3) is 0.615. The van der Waals surface area contributed by atoms with Crippen LogP contribution < -0.4 is 5.32 Å². The maximum Gasteiger partial charge on any atom is 0.0695 e. The fourth-order valence-electron chi connectivity index (χ4n) is 1.98. The van der Waals surface area contributed by atoms with Gasteiger partial charge < -0.3 is 5.32 Å². The van der Waals surface area contributed by atoms with Gasteiger partial charge in [-0.15, -0.1) is 0 Å². The summed E-state index contributed by atoms with van der Waals surface area (Å²) in [5, 5.41) is 3.52. The molecule has 1 saturated carbocycles. The maximum absolute atomic E-state index is 4.13.